The predicted octanol–water partition coefficient (Wildman–Crippen LogP) is 5.31. The summed E-state index contributed by atoms with van der Waals surface area (Å²) >= 11 is 0. The van der Waals surface area contributed by atoms with Gasteiger partial charge in [-0.2, -0.15) is 13.2 Å². The molecule has 96 valence electrons. The molecule has 2 aromatic carbocycles. The van der Waals surface area contributed by atoms with Gasteiger partial charge in [-0.3, -0.25) is 0 Å². The third-order valence-electron chi connectivity index (χ3n) is 2.57. The van der Waals surface area contributed by atoms with Crippen molar-refractivity contribution >= 4 is 5.69 Å². The summed E-state index contributed by atoms with van der Waals surface area (Å²) in [7, 11) is 0. The Kier molecular flexibility index (Phi) is 3.44. The molecule has 6 heteroatoms. The normalized spacial score (nSPS) is 10.9. The van der Waals surface area contributed by atoms with Crippen molar-refractivity contribution in [1.29, 1.82) is 0 Å². The van der Waals surface area contributed by atoms with Gasteiger partial charge in [0.15, 0.2) is 0 Å². The van der Waals surface area contributed by atoms with Crippen LogP contribution in [0.15, 0.2) is 53.6 Å². The largest absolute Gasteiger partial charge is 0.417 e. The maximum Gasteiger partial charge on any atom is 0.417 e. The van der Waals surface area contributed by atoms with E-state index < -0.39 is 11.7 Å². The molecule has 3 nitrogen and oxygen atoms in total. The summed E-state index contributed by atoms with van der Waals surface area (Å²) in [5, 5.41) is 3.37. The highest BCUT2D eigenvalue weighted by molar-refractivity contribution is 5.69. The number of nitrogens with zero attached hydrogens (tertiary/aromatic N) is 3. The summed E-state index contributed by atoms with van der Waals surface area (Å²) in [4.78, 5) is 2.61. The first kappa shape index (κ1) is 13.0. The number of alkyl halides is 3. The Bertz CT molecular complexity index is 626. The average molecular weight is 263 g/mol. The lowest BCUT2D eigenvalue weighted by atomic mass is 9.99. The lowest BCUT2D eigenvalue weighted by Crippen LogP contribution is -2.06. The zero-order valence-corrected chi connectivity index (χ0v) is 9.59. The van der Waals surface area contributed by atoms with Crippen LogP contribution >= 0.6 is 0 Å². The number of hydrogen-bond donors (Lipinski definition) is 0. The van der Waals surface area contributed by atoms with E-state index in [2.05, 4.69) is 10.0 Å². The number of benzene rings is 2. The van der Waals surface area contributed by atoms with Gasteiger partial charge in [0.25, 0.3) is 0 Å². The summed E-state index contributed by atoms with van der Waals surface area (Å²) in [6.45, 7) is 0. The van der Waals surface area contributed by atoms with E-state index in [9.17, 15) is 13.2 Å². The highest BCUT2D eigenvalue weighted by Gasteiger charge is 2.33. The van der Waals surface area contributed by atoms with Crippen LogP contribution in [0.4, 0.5) is 18.9 Å². The Labute approximate surface area is 106 Å². The van der Waals surface area contributed by atoms with Crippen LogP contribution in [0.1, 0.15) is 5.56 Å². The molecule has 2 rings (SSSR count). The van der Waals surface area contributed by atoms with Gasteiger partial charge in [-0.25, -0.2) is 0 Å². The standard InChI is InChI=1S/C13H8F3N3/c14-13(15,16)12-4-2-1-3-11(12)9-5-7-10(8-6-9)18-19-17/h1-8H. The van der Waals surface area contributed by atoms with Crippen LogP contribution in [0.5, 0.6) is 0 Å². The van der Waals surface area contributed by atoms with Crippen LogP contribution in [0, 0.1) is 0 Å². The van der Waals surface area contributed by atoms with Gasteiger partial charge < -0.3 is 0 Å². The Morgan fingerprint density at radius 1 is 0.947 bits per heavy atom. The molecule has 0 bridgehead atoms. The van der Waals surface area contributed by atoms with Gasteiger partial charge >= 0.3 is 6.18 Å². The minimum atomic E-state index is -4.40. The molecule has 19 heavy (non-hydrogen) atoms. The molecule has 0 atom stereocenters. The molecular formula is C13H8F3N3. The first-order valence-electron chi connectivity index (χ1n) is 5.34. The van der Waals surface area contributed by atoms with Gasteiger partial charge in [0.2, 0.25) is 0 Å². The first-order valence-corrected chi connectivity index (χ1v) is 5.34. The van der Waals surface area contributed by atoms with Gasteiger partial charge in [-0.05, 0) is 22.7 Å². The van der Waals surface area contributed by atoms with Crippen molar-refractivity contribution in [1.82, 2.24) is 0 Å². The fourth-order valence-corrected chi connectivity index (χ4v) is 1.74. The first-order chi connectivity index (χ1) is 9.02. The molecule has 0 amide bonds. The molecule has 0 saturated heterocycles. The molecule has 0 N–H and O–H groups in total. The second-order valence-electron chi connectivity index (χ2n) is 3.78. The molecule has 0 spiro atoms. The van der Waals surface area contributed by atoms with E-state index in [1.165, 1.54) is 36.4 Å². The third kappa shape index (κ3) is 2.86. The van der Waals surface area contributed by atoms with Crippen LogP contribution in [0.3, 0.4) is 0 Å². The zero-order chi connectivity index (χ0) is 13.9. The molecule has 0 fully saturated rings. The van der Waals surface area contributed by atoms with Crippen molar-refractivity contribution < 1.29 is 13.2 Å². The van der Waals surface area contributed by atoms with Crippen molar-refractivity contribution in [3.63, 3.8) is 0 Å². The molecule has 2 aromatic rings. The Hall–Kier alpha value is -2.46. The summed E-state index contributed by atoms with van der Waals surface area (Å²) < 4.78 is 38.6. The molecule has 0 aliphatic heterocycles. The zero-order valence-electron chi connectivity index (χ0n) is 9.59. The summed E-state index contributed by atoms with van der Waals surface area (Å²) in [6, 6.07) is 11.3. The second kappa shape index (κ2) is 5.04. The number of halogens is 3. The van der Waals surface area contributed by atoms with Crippen LogP contribution < -0.4 is 0 Å². The van der Waals surface area contributed by atoms with Crippen molar-refractivity contribution in [2.75, 3.05) is 0 Å². The van der Waals surface area contributed by atoms with E-state index in [0.717, 1.165) is 6.07 Å². The van der Waals surface area contributed by atoms with E-state index in [1.54, 1.807) is 6.07 Å². The molecule has 0 heterocycles. The highest BCUT2D eigenvalue weighted by Crippen LogP contribution is 2.37. The fraction of sp³-hybridized carbons (Fsp3) is 0.0769. The maximum atomic E-state index is 12.9. The smallest absolute Gasteiger partial charge is 0.166 e. The van der Waals surface area contributed by atoms with Crippen LogP contribution in [-0.4, -0.2) is 0 Å². The van der Waals surface area contributed by atoms with Gasteiger partial charge in [0.05, 0.1) is 5.56 Å². The van der Waals surface area contributed by atoms with E-state index >= 15 is 0 Å². The van der Waals surface area contributed by atoms with Crippen molar-refractivity contribution in [2.24, 2.45) is 5.11 Å². The predicted molar refractivity (Wildman–Crippen MR) is 65.7 cm³/mol. The lowest BCUT2D eigenvalue weighted by molar-refractivity contribution is -0.137. The molecule has 0 saturated carbocycles. The van der Waals surface area contributed by atoms with Crippen molar-refractivity contribution in [3.05, 3.63) is 64.5 Å². The van der Waals surface area contributed by atoms with Crippen LogP contribution in [-0.2, 0) is 6.18 Å². The van der Waals surface area contributed by atoms with Crippen LogP contribution in [0.25, 0.3) is 21.6 Å². The van der Waals surface area contributed by atoms with Gasteiger partial charge in [0.1, 0.15) is 0 Å². The van der Waals surface area contributed by atoms with E-state index in [4.69, 9.17) is 5.53 Å². The SMILES string of the molecule is [N-]=[N+]=Nc1ccc(-c2ccccc2C(F)(F)F)cc1. The summed E-state index contributed by atoms with van der Waals surface area (Å²) in [5.41, 5.74) is 8.46. The lowest BCUT2D eigenvalue weighted by Gasteiger charge is -2.12. The monoisotopic (exact) mass is 263 g/mol. The summed E-state index contributed by atoms with van der Waals surface area (Å²) in [5.74, 6) is 0. The molecule has 0 aliphatic carbocycles. The third-order valence-corrected chi connectivity index (χ3v) is 2.57. The molecule has 0 aliphatic rings. The van der Waals surface area contributed by atoms with Gasteiger partial charge in [-0.1, -0.05) is 47.6 Å². The van der Waals surface area contributed by atoms with Crippen molar-refractivity contribution in [2.45, 2.75) is 6.18 Å². The Morgan fingerprint density at radius 3 is 2.16 bits per heavy atom. The highest BCUT2D eigenvalue weighted by atomic mass is 19.4. The van der Waals surface area contributed by atoms with E-state index in [1.807, 2.05) is 0 Å². The van der Waals surface area contributed by atoms with Crippen molar-refractivity contribution in [3.8, 4) is 11.1 Å². The topological polar surface area (TPSA) is 48.8 Å². The fourth-order valence-electron chi connectivity index (χ4n) is 1.74. The van der Waals surface area contributed by atoms with E-state index in [-0.39, 0.29) is 5.56 Å². The molecule has 0 radical (unpaired) electrons. The molecular weight excluding hydrogens is 255 g/mol. The quantitative estimate of drug-likeness (QED) is 0.400. The van der Waals surface area contributed by atoms with Crippen LogP contribution in [0.2, 0.25) is 0 Å². The number of rotatable bonds is 2. The van der Waals surface area contributed by atoms with Gasteiger partial charge in [0, 0.05) is 10.6 Å². The second-order valence-corrected chi connectivity index (χ2v) is 3.78. The number of hydrogen-bond acceptors (Lipinski definition) is 1. The average Bonchev–Trinajstić information content (AvgIpc) is 2.39. The summed E-state index contributed by atoms with van der Waals surface area (Å²) in [6.07, 6.45) is -4.40. The Balaban J connectivity index is 2.50. The Morgan fingerprint density at radius 2 is 1.58 bits per heavy atom. The minimum Gasteiger partial charge on any atom is -0.166 e. The molecule has 0 unspecified atom stereocenters. The maximum absolute atomic E-state index is 12.9. The number of azide groups is 1. The minimum absolute atomic E-state index is 0.0995. The van der Waals surface area contributed by atoms with Gasteiger partial charge in [-0.15, -0.1) is 0 Å². The molecule has 0 aromatic heterocycles. The van der Waals surface area contributed by atoms with E-state index in [0.29, 0.717) is 11.3 Å².